The maximum absolute atomic E-state index is 11.0. The first-order chi connectivity index (χ1) is 9.19. The van der Waals surface area contributed by atoms with Gasteiger partial charge in [-0.05, 0) is 19.1 Å². The van der Waals surface area contributed by atoms with Crippen LogP contribution >= 0.6 is 0 Å². The average molecular weight is 262 g/mol. The minimum Gasteiger partial charge on any atom is -0.497 e. The number of Topliss-reactive ketones (excluding diaryl/α,β-unsaturated/α-hetero) is 1. The third-order valence-corrected chi connectivity index (χ3v) is 3.57. The summed E-state index contributed by atoms with van der Waals surface area (Å²) in [6.45, 7) is 6.60. The van der Waals surface area contributed by atoms with Gasteiger partial charge in [0, 0.05) is 50.9 Å². The van der Waals surface area contributed by atoms with Crippen LogP contribution in [0, 0.1) is 0 Å². The van der Waals surface area contributed by atoms with Crippen LogP contribution in [0.2, 0.25) is 0 Å². The lowest BCUT2D eigenvalue weighted by molar-refractivity contribution is -0.117. The van der Waals surface area contributed by atoms with Crippen molar-refractivity contribution < 1.29 is 9.53 Å². The molecule has 0 radical (unpaired) electrons. The Kier molecular flexibility index (Phi) is 4.80. The van der Waals surface area contributed by atoms with Gasteiger partial charge in [-0.25, -0.2) is 0 Å². The molecule has 0 amide bonds. The molecule has 4 heteroatoms. The number of nitrogens with zero attached hydrogens (tertiary/aromatic N) is 2. The zero-order chi connectivity index (χ0) is 13.7. The van der Waals surface area contributed by atoms with Gasteiger partial charge in [-0.15, -0.1) is 0 Å². The van der Waals surface area contributed by atoms with Crippen LogP contribution in [0.25, 0.3) is 0 Å². The standard InChI is InChI=1S/C15H22N2O2/c1-13(18)6-7-16-8-10-17(11-9-16)14-4-3-5-15(12-14)19-2/h3-5,12H,6-11H2,1-2H3. The molecule has 0 atom stereocenters. The van der Waals surface area contributed by atoms with Crippen molar-refractivity contribution in [3.63, 3.8) is 0 Å². The third kappa shape index (κ3) is 3.96. The fourth-order valence-electron chi connectivity index (χ4n) is 2.35. The Balaban J connectivity index is 1.87. The minimum atomic E-state index is 0.273. The predicted molar refractivity (Wildman–Crippen MR) is 76.9 cm³/mol. The van der Waals surface area contributed by atoms with Gasteiger partial charge in [0.05, 0.1) is 7.11 Å². The Morgan fingerprint density at radius 3 is 2.63 bits per heavy atom. The highest BCUT2D eigenvalue weighted by molar-refractivity contribution is 5.75. The highest BCUT2D eigenvalue weighted by Crippen LogP contribution is 2.22. The second kappa shape index (κ2) is 6.57. The lowest BCUT2D eigenvalue weighted by atomic mass is 10.2. The van der Waals surface area contributed by atoms with Gasteiger partial charge in [0.2, 0.25) is 0 Å². The van der Waals surface area contributed by atoms with Crippen molar-refractivity contribution in [3.8, 4) is 5.75 Å². The van der Waals surface area contributed by atoms with Crippen molar-refractivity contribution in [3.05, 3.63) is 24.3 Å². The van der Waals surface area contributed by atoms with E-state index in [1.165, 1.54) is 5.69 Å². The molecule has 1 aliphatic heterocycles. The lowest BCUT2D eigenvalue weighted by Crippen LogP contribution is -2.46. The molecule has 1 aliphatic rings. The first-order valence-electron chi connectivity index (χ1n) is 6.80. The topological polar surface area (TPSA) is 32.8 Å². The second-order valence-electron chi connectivity index (χ2n) is 4.98. The van der Waals surface area contributed by atoms with E-state index in [9.17, 15) is 4.79 Å². The molecule has 19 heavy (non-hydrogen) atoms. The van der Waals surface area contributed by atoms with Crippen LogP contribution in [0.3, 0.4) is 0 Å². The molecule has 1 aromatic carbocycles. The van der Waals surface area contributed by atoms with Gasteiger partial charge in [0.1, 0.15) is 11.5 Å². The zero-order valence-electron chi connectivity index (χ0n) is 11.8. The molecule has 0 unspecified atom stereocenters. The summed E-state index contributed by atoms with van der Waals surface area (Å²) in [6.07, 6.45) is 0.666. The van der Waals surface area contributed by atoms with Gasteiger partial charge >= 0.3 is 0 Å². The minimum absolute atomic E-state index is 0.273. The van der Waals surface area contributed by atoms with Crippen LogP contribution in [0.15, 0.2) is 24.3 Å². The van der Waals surface area contributed by atoms with Gasteiger partial charge < -0.3 is 9.64 Å². The van der Waals surface area contributed by atoms with Gasteiger partial charge in [0.15, 0.2) is 0 Å². The molecular weight excluding hydrogens is 240 g/mol. The number of ketones is 1. The average Bonchev–Trinajstić information content (AvgIpc) is 2.45. The van der Waals surface area contributed by atoms with Crippen LogP contribution in [0.1, 0.15) is 13.3 Å². The number of ether oxygens (including phenoxy) is 1. The van der Waals surface area contributed by atoms with E-state index in [-0.39, 0.29) is 5.78 Å². The van der Waals surface area contributed by atoms with Crippen LogP contribution in [-0.4, -0.2) is 50.5 Å². The molecule has 2 rings (SSSR count). The van der Waals surface area contributed by atoms with Crippen molar-refractivity contribution in [1.29, 1.82) is 0 Å². The summed E-state index contributed by atoms with van der Waals surface area (Å²) in [5.74, 6) is 1.17. The summed E-state index contributed by atoms with van der Waals surface area (Å²) in [7, 11) is 1.69. The quantitative estimate of drug-likeness (QED) is 0.810. The first kappa shape index (κ1) is 13.9. The van der Waals surface area contributed by atoms with Gasteiger partial charge in [-0.1, -0.05) is 6.07 Å². The predicted octanol–water partition coefficient (Wildman–Crippen LogP) is 1.80. The molecule has 0 saturated carbocycles. The molecule has 1 fully saturated rings. The van der Waals surface area contributed by atoms with Crippen LogP contribution < -0.4 is 9.64 Å². The highest BCUT2D eigenvalue weighted by Gasteiger charge is 2.17. The van der Waals surface area contributed by atoms with Crippen molar-refractivity contribution in [2.24, 2.45) is 0 Å². The van der Waals surface area contributed by atoms with E-state index in [1.807, 2.05) is 12.1 Å². The Morgan fingerprint density at radius 1 is 1.26 bits per heavy atom. The SMILES string of the molecule is COc1cccc(N2CCN(CCC(C)=O)CC2)c1. The zero-order valence-corrected chi connectivity index (χ0v) is 11.8. The lowest BCUT2D eigenvalue weighted by Gasteiger charge is -2.36. The molecule has 1 saturated heterocycles. The molecular formula is C15H22N2O2. The molecule has 0 aromatic heterocycles. The Hall–Kier alpha value is -1.55. The van der Waals surface area contributed by atoms with Crippen molar-refractivity contribution >= 4 is 11.5 Å². The number of carbonyl (C=O) groups is 1. The fraction of sp³-hybridized carbons (Fsp3) is 0.533. The van der Waals surface area contributed by atoms with Gasteiger partial charge in [-0.3, -0.25) is 9.69 Å². The van der Waals surface area contributed by atoms with E-state index in [2.05, 4.69) is 21.9 Å². The normalized spacial score (nSPS) is 16.4. The van der Waals surface area contributed by atoms with Crippen LogP contribution in [-0.2, 0) is 4.79 Å². The first-order valence-corrected chi connectivity index (χ1v) is 6.80. The summed E-state index contributed by atoms with van der Waals surface area (Å²) in [6, 6.07) is 8.18. The van der Waals surface area contributed by atoms with E-state index >= 15 is 0 Å². The largest absolute Gasteiger partial charge is 0.497 e. The number of piperazine rings is 1. The van der Waals surface area contributed by atoms with E-state index in [4.69, 9.17) is 4.74 Å². The Morgan fingerprint density at radius 2 is 2.00 bits per heavy atom. The van der Waals surface area contributed by atoms with Crippen molar-refractivity contribution in [2.75, 3.05) is 44.7 Å². The van der Waals surface area contributed by atoms with Crippen LogP contribution in [0.4, 0.5) is 5.69 Å². The number of hydrogen-bond donors (Lipinski definition) is 0. The monoisotopic (exact) mass is 262 g/mol. The summed E-state index contributed by atoms with van der Waals surface area (Å²) in [5.41, 5.74) is 1.21. The third-order valence-electron chi connectivity index (χ3n) is 3.57. The maximum atomic E-state index is 11.0. The Bertz CT molecular complexity index is 426. The molecule has 0 spiro atoms. The summed E-state index contributed by atoms with van der Waals surface area (Å²) in [5, 5.41) is 0. The summed E-state index contributed by atoms with van der Waals surface area (Å²) >= 11 is 0. The van der Waals surface area contributed by atoms with Crippen LogP contribution in [0.5, 0.6) is 5.75 Å². The van der Waals surface area contributed by atoms with E-state index < -0.39 is 0 Å². The maximum Gasteiger partial charge on any atom is 0.131 e. The molecule has 0 aliphatic carbocycles. The van der Waals surface area contributed by atoms with Gasteiger partial charge in [-0.2, -0.15) is 0 Å². The Labute approximate surface area is 115 Å². The number of methoxy groups -OCH3 is 1. The molecule has 0 N–H and O–H groups in total. The molecule has 1 heterocycles. The van der Waals surface area contributed by atoms with E-state index in [0.29, 0.717) is 6.42 Å². The molecule has 104 valence electrons. The second-order valence-corrected chi connectivity index (χ2v) is 4.98. The highest BCUT2D eigenvalue weighted by atomic mass is 16.5. The van der Waals surface area contributed by atoms with Crippen molar-refractivity contribution in [2.45, 2.75) is 13.3 Å². The number of anilines is 1. The van der Waals surface area contributed by atoms with Gasteiger partial charge in [0.25, 0.3) is 0 Å². The number of carbonyl (C=O) groups excluding carboxylic acids is 1. The molecule has 4 nitrogen and oxygen atoms in total. The summed E-state index contributed by atoms with van der Waals surface area (Å²) < 4.78 is 5.26. The number of benzene rings is 1. The molecule has 0 bridgehead atoms. The number of rotatable bonds is 5. The summed E-state index contributed by atoms with van der Waals surface area (Å²) in [4.78, 5) is 15.7. The molecule has 1 aromatic rings. The smallest absolute Gasteiger partial charge is 0.131 e. The van der Waals surface area contributed by atoms with E-state index in [0.717, 1.165) is 38.5 Å². The van der Waals surface area contributed by atoms with E-state index in [1.54, 1.807) is 14.0 Å². The fourth-order valence-corrected chi connectivity index (χ4v) is 2.35. The van der Waals surface area contributed by atoms with Crippen molar-refractivity contribution in [1.82, 2.24) is 4.90 Å². The number of hydrogen-bond acceptors (Lipinski definition) is 4.